The highest BCUT2D eigenvalue weighted by atomic mass is 32.2. The smallest absolute Gasteiger partial charge is 0.225 e. The van der Waals surface area contributed by atoms with E-state index in [0.717, 1.165) is 46.4 Å². The summed E-state index contributed by atoms with van der Waals surface area (Å²) in [5.74, 6) is 1.66. The van der Waals surface area contributed by atoms with Crippen LogP contribution in [-0.4, -0.2) is 35.6 Å². The maximum Gasteiger partial charge on any atom is 0.225 e. The summed E-state index contributed by atoms with van der Waals surface area (Å²) in [5, 5.41) is 3.98. The molecule has 1 N–H and O–H groups in total. The van der Waals surface area contributed by atoms with Crippen LogP contribution in [0.4, 0.5) is 5.82 Å². The normalized spacial score (nSPS) is 15.8. The van der Waals surface area contributed by atoms with Crippen molar-refractivity contribution in [2.24, 2.45) is 5.92 Å². The highest BCUT2D eigenvalue weighted by molar-refractivity contribution is 7.99. The molecule has 0 unspecified atom stereocenters. The van der Waals surface area contributed by atoms with Gasteiger partial charge in [-0.1, -0.05) is 47.7 Å². The molecule has 0 radical (unpaired) electrons. The van der Waals surface area contributed by atoms with Gasteiger partial charge >= 0.3 is 0 Å². The van der Waals surface area contributed by atoms with E-state index < -0.39 is 0 Å². The van der Waals surface area contributed by atoms with Crippen molar-refractivity contribution in [2.75, 3.05) is 24.6 Å². The van der Waals surface area contributed by atoms with Gasteiger partial charge in [-0.15, -0.1) is 0 Å². The van der Waals surface area contributed by atoms with Crippen molar-refractivity contribution in [3.63, 3.8) is 0 Å². The van der Waals surface area contributed by atoms with Gasteiger partial charge in [-0.05, 0) is 44.9 Å². The van der Waals surface area contributed by atoms with E-state index in [4.69, 9.17) is 4.74 Å². The fraction of sp³-hybridized carbons (Fsp3) is 0.346. The summed E-state index contributed by atoms with van der Waals surface area (Å²) in [4.78, 5) is 25.6. The number of para-hydroxylation sites is 1. The summed E-state index contributed by atoms with van der Waals surface area (Å²) in [6.45, 7) is 6.62. The SMILES string of the molecule is CCOc1ccccc1CNC(=O)[C@H]1CCCN(c2nccnc2Sc2ccc(C)cc2)C1. The van der Waals surface area contributed by atoms with E-state index in [9.17, 15) is 4.79 Å². The van der Waals surface area contributed by atoms with E-state index in [1.807, 2.05) is 31.2 Å². The highest BCUT2D eigenvalue weighted by Crippen LogP contribution is 2.34. The van der Waals surface area contributed by atoms with Gasteiger partial charge in [0.15, 0.2) is 5.82 Å². The second-order valence-electron chi connectivity index (χ2n) is 8.14. The van der Waals surface area contributed by atoms with Gasteiger partial charge in [0.1, 0.15) is 10.8 Å². The molecule has 33 heavy (non-hydrogen) atoms. The van der Waals surface area contributed by atoms with Crippen LogP contribution in [0.2, 0.25) is 0 Å². The van der Waals surface area contributed by atoms with Gasteiger partial charge in [0.25, 0.3) is 0 Å². The van der Waals surface area contributed by atoms with E-state index in [2.05, 4.69) is 51.4 Å². The molecule has 0 bridgehead atoms. The molecule has 1 atom stereocenters. The number of nitrogens with one attached hydrogen (secondary N) is 1. The number of piperidine rings is 1. The maximum absolute atomic E-state index is 13.0. The van der Waals surface area contributed by atoms with E-state index >= 15 is 0 Å². The van der Waals surface area contributed by atoms with Gasteiger partial charge < -0.3 is 15.0 Å². The zero-order valence-electron chi connectivity index (χ0n) is 19.2. The molecule has 1 aliphatic heterocycles. The Bertz CT molecular complexity index is 1070. The third kappa shape index (κ3) is 6.05. The zero-order chi connectivity index (χ0) is 23.0. The van der Waals surface area contributed by atoms with Crippen LogP contribution in [-0.2, 0) is 11.3 Å². The lowest BCUT2D eigenvalue weighted by Gasteiger charge is -2.33. The first-order valence-electron chi connectivity index (χ1n) is 11.4. The lowest BCUT2D eigenvalue weighted by Crippen LogP contribution is -2.43. The Hall–Kier alpha value is -3.06. The van der Waals surface area contributed by atoms with Crippen molar-refractivity contribution in [1.82, 2.24) is 15.3 Å². The van der Waals surface area contributed by atoms with Crippen molar-refractivity contribution in [3.05, 3.63) is 72.1 Å². The van der Waals surface area contributed by atoms with Crippen LogP contribution in [0.5, 0.6) is 5.75 Å². The Balaban J connectivity index is 1.41. The Morgan fingerprint density at radius 3 is 2.76 bits per heavy atom. The Labute approximate surface area is 199 Å². The number of hydrogen-bond donors (Lipinski definition) is 1. The average molecular weight is 463 g/mol. The summed E-state index contributed by atoms with van der Waals surface area (Å²) in [6, 6.07) is 16.3. The predicted octanol–water partition coefficient (Wildman–Crippen LogP) is 4.87. The Morgan fingerprint density at radius 2 is 1.94 bits per heavy atom. The number of benzene rings is 2. The zero-order valence-corrected chi connectivity index (χ0v) is 20.0. The second-order valence-corrected chi connectivity index (χ2v) is 9.21. The van der Waals surface area contributed by atoms with Crippen molar-refractivity contribution < 1.29 is 9.53 Å². The van der Waals surface area contributed by atoms with Crippen molar-refractivity contribution in [3.8, 4) is 5.75 Å². The molecule has 0 aliphatic carbocycles. The fourth-order valence-corrected chi connectivity index (χ4v) is 4.86. The van der Waals surface area contributed by atoms with Gasteiger partial charge in [-0.3, -0.25) is 4.79 Å². The van der Waals surface area contributed by atoms with Gasteiger partial charge in [-0.25, -0.2) is 9.97 Å². The van der Waals surface area contributed by atoms with Crippen LogP contribution in [0.1, 0.15) is 30.9 Å². The first kappa shape index (κ1) is 23.1. The van der Waals surface area contributed by atoms with Gasteiger partial charge in [0.2, 0.25) is 5.91 Å². The molecule has 172 valence electrons. The molecule has 6 nitrogen and oxygen atoms in total. The number of nitrogens with zero attached hydrogens (tertiary/aromatic N) is 3. The number of rotatable bonds is 8. The number of anilines is 1. The van der Waals surface area contributed by atoms with E-state index in [0.29, 0.717) is 19.7 Å². The summed E-state index contributed by atoms with van der Waals surface area (Å²) in [6.07, 6.45) is 5.27. The van der Waals surface area contributed by atoms with E-state index in [1.54, 1.807) is 24.2 Å². The van der Waals surface area contributed by atoms with Crippen LogP contribution in [0.15, 0.2) is 70.8 Å². The molecule has 2 aromatic carbocycles. The molecule has 0 saturated carbocycles. The largest absolute Gasteiger partial charge is 0.494 e. The molecule has 1 aromatic heterocycles. The molecule has 1 aliphatic rings. The molecule has 1 saturated heterocycles. The molecular weight excluding hydrogens is 432 g/mol. The summed E-state index contributed by atoms with van der Waals surface area (Å²) >= 11 is 1.61. The maximum atomic E-state index is 13.0. The molecule has 7 heteroatoms. The van der Waals surface area contributed by atoms with Crippen molar-refractivity contribution in [1.29, 1.82) is 0 Å². The standard InChI is InChI=1S/C26H30N4O2S/c1-3-32-23-9-5-4-7-20(23)17-29-25(31)21-8-6-16-30(18-21)24-26(28-15-14-27-24)33-22-12-10-19(2)11-13-22/h4-5,7,9-15,21H,3,6,8,16-18H2,1-2H3,(H,29,31)/t21-/m0/s1. The van der Waals surface area contributed by atoms with Gasteiger partial charge in [-0.2, -0.15) is 0 Å². The van der Waals surface area contributed by atoms with Crippen LogP contribution in [0.3, 0.4) is 0 Å². The fourth-order valence-electron chi connectivity index (χ4n) is 3.98. The van der Waals surface area contributed by atoms with Crippen molar-refractivity contribution in [2.45, 2.75) is 43.2 Å². The molecule has 1 amide bonds. The quantitative estimate of drug-likeness (QED) is 0.515. The third-order valence-corrected chi connectivity index (χ3v) is 6.69. The number of amides is 1. The minimum absolute atomic E-state index is 0.0719. The summed E-state index contributed by atoms with van der Waals surface area (Å²) in [7, 11) is 0. The number of ether oxygens (including phenoxy) is 1. The molecular formula is C26H30N4O2S. The predicted molar refractivity (Wildman–Crippen MR) is 132 cm³/mol. The van der Waals surface area contributed by atoms with E-state index in [1.165, 1.54) is 5.56 Å². The number of aromatic nitrogens is 2. The number of carbonyl (C=O) groups is 1. The van der Waals surface area contributed by atoms with E-state index in [-0.39, 0.29) is 11.8 Å². The Morgan fingerprint density at radius 1 is 1.15 bits per heavy atom. The monoisotopic (exact) mass is 462 g/mol. The molecule has 2 heterocycles. The molecule has 4 rings (SSSR count). The van der Waals surface area contributed by atoms with Gasteiger partial charge in [0, 0.05) is 42.5 Å². The summed E-state index contributed by atoms with van der Waals surface area (Å²) in [5.41, 5.74) is 2.22. The van der Waals surface area contributed by atoms with Crippen LogP contribution in [0.25, 0.3) is 0 Å². The minimum atomic E-state index is -0.0859. The van der Waals surface area contributed by atoms with Crippen LogP contribution >= 0.6 is 11.8 Å². The second kappa shape index (κ2) is 11.2. The molecule has 0 spiro atoms. The topological polar surface area (TPSA) is 67.3 Å². The average Bonchev–Trinajstić information content (AvgIpc) is 2.85. The number of carbonyl (C=O) groups excluding carboxylic acids is 1. The highest BCUT2D eigenvalue weighted by Gasteiger charge is 2.28. The molecule has 3 aromatic rings. The first-order valence-corrected chi connectivity index (χ1v) is 12.2. The van der Waals surface area contributed by atoms with Gasteiger partial charge in [0.05, 0.1) is 12.5 Å². The third-order valence-electron chi connectivity index (χ3n) is 5.70. The van der Waals surface area contributed by atoms with Crippen LogP contribution in [0, 0.1) is 12.8 Å². The lowest BCUT2D eigenvalue weighted by atomic mass is 9.97. The molecule has 1 fully saturated rings. The number of hydrogen-bond acceptors (Lipinski definition) is 6. The Kier molecular flexibility index (Phi) is 7.83. The minimum Gasteiger partial charge on any atom is -0.494 e. The van der Waals surface area contributed by atoms with Crippen LogP contribution < -0.4 is 15.0 Å². The van der Waals surface area contributed by atoms with Crippen molar-refractivity contribution >= 4 is 23.5 Å². The first-order chi connectivity index (χ1) is 16.1. The summed E-state index contributed by atoms with van der Waals surface area (Å²) < 4.78 is 5.68. The number of aryl methyl sites for hydroxylation is 1. The lowest BCUT2D eigenvalue weighted by molar-refractivity contribution is -0.125.